The van der Waals surface area contributed by atoms with E-state index >= 15 is 0 Å². The van der Waals surface area contributed by atoms with Crippen LogP contribution < -0.4 is 0 Å². The van der Waals surface area contributed by atoms with Gasteiger partial charge in [-0.1, -0.05) is 27.7 Å². The molecule has 2 nitrogen and oxygen atoms in total. The maximum atomic E-state index is 12.4. The zero-order valence-corrected chi connectivity index (χ0v) is 13.6. The molecule has 2 rings (SSSR count). The number of carbonyl (C=O) groups excluding carboxylic acids is 1. The molecule has 1 N–H and O–H groups in total. The highest BCUT2D eigenvalue weighted by Gasteiger charge is 2.63. The first kappa shape index (κ1) is 15.4. The molecule has 0 aromatic rings. The highest BCUT2D eigenvalue weighted by molar-refractivity contribution is 7.99. The van der Waals surface area contributed by atoms with Crippen LogP contribution in [0.25, 0.3) is 0 Å². The largest absolute Gasteiger partial charge is 0.393 e. The summed E-state index contributed by atoms with van der Waals surface area (Å²) < 4.78 is 0. The molecule has 0 aromatic carbocycles. The number of rotatable bonds is 6. The molecule has 19 heavy (non-hydrogen) atoms. The zero-order chi connectivity index (χ0) is 14.3. The van der Waals surface area contributed by atoms with Crippen molar-refractivity contribution in [1.82, 2.24) is 0 Å². The second-order valence-corrected chi connectivity index (χ2v) is 8.51. The molecule has 0 saturated heterocycles. The number of aliphatic hydroxyl groups is 1. The van der Waals surface area contributed by atoms with Gasteiger partial charge in [0.25, 0.3) is 0 Å². The van der Waals surface area contributed by atoms with E-state index in [1.54, 1.807) is 0 Å². The standard InChI is InChI=1S/C16H28O2S/c1-5-13(17)8-11(2)19-10-16-7-6-12(9-14(16)18)15(16,3)4/h11-13,17H,5-10H2,1-4H3/t11-,12+,13-,16+/m0/s1. The lowest BCUT2D eigenvalue weighted by Crippen LogP contribution is -2.38. The van der Waals surface area contributed by atoms with Crippen molar-refractivity contribution in [3.63, 3.8) is 0 Å². The first-order valence-corrected chi connectivity index (χ1v) is 8.71. The molecule has 2 aliphatic carbocycles. The Balaban J connectivity index is 1.96. The van der Waals surface area contributed by atoms with Gasteiger partial charge in [-0.2, -0.15) is 11.8 Å². The predicted octanol–water partition coefficient (Wildman–Crippen LogP) is 3.66. The first-order chi connectivity index (χ1) is 8.83. The van der Waals surface area contributed by atoms with Crippen LogP contribution in [0.2, 0.25) is 0 Å². The van der Waals surface area contributed by atoms with E-state index in [4.69, 9.17) is 0 Å². The molecular weight excluding hydrogens is 256 g/mol. The van der Waals surface area contributed by atoms with Crippen LogP contribution in [0.15, 0.2) is 0 Å². The zero-order valence-electron chi connectivity index (χ0n) is 12.7. The molecule has 4 atom stereocenters. The smallest absolute Gasteiger partial charge is 0.140 e. The van der Waals surface area contributed by atoms with Crippen molar-refractivity contribution in [2.75, 3.05) is 5.75 Å². The molecule has 0 amide bonds. The third kappa shape index (κ3) is 2.49. The van der Waals surface area contributed by atoms with Crippen molar-refractivity contribution in [1.29, 1.82) is 0 Å². The van der Waals surface area contributed by atoms with Gasteiger partial charge in [0.05, 0.1) is 6.10 Å². The molecule has 110 valence electrons. The minimum absolute atomic E-state index is 0.0756. The van der Waals surface area contributed by atoms with E-state index < -0.39 is 0 Å². The van der Waals surface area contributed by atoms with Crippen molar-refractivity contribution in [2.24, 2.45) is 16.7 Å². The Kier molecular flexibility index (Phi) is 4.37. The van der Waals surface area contributed by atoms with Crippen molar-refractivity contribution in [3.8, 4) is 0 Å². The summed E-state index contributed by atoms with van der Waals surface area (Å²) in [5.41, 5.74) is 0.105. The SMILES string of the molecule is CC[C@H](O)C[C@H](C)SC[C@]12CC[C@H](CC1=O)C2(C)C. The lowest BCUT2D eigenvalue weighted by Gasteiger charge is -2.37. The van der Waals surface area contributed by atoms with Crippen LogP contribution >= 0.6 is 11.8 Å². The van der Waals surface area contributed by atoms with Gasteiger partial charge < -0.3 is 5.11 Å². The van der Waals surface area contributed by atoms with Crippen molar-refractivity contribution in [2.45, 2.75) is 71.2 Å². The van der Waals surface area contributed by atoms with Crippen molar-refractivity contribution in [3.05, 3.63) is 0 Å². The summed E-state index contributed by atoms with van der Waals surface area (Å²) in [5.74, 6) is 2.06. The fourth-order valence-corrected chi connectivity index (χ4v) is 5.62. The number of Topliss-reactive ketones (excluding diaryl/α,β-unsaturated/α-hetero) is 1. The second kappa shape index (κ2) is 5.40. The van der Waals surface area contributed by atoms with Crippen LogP contribution in [0.4, 0.5) is 0 Å². The predicted molar refractivity (Wildman–Crippen MR) is 81.4 cm³/mol. The maximum Gasteiger partial charge on any atom is 0.140 e. The quantitative estimate of drug-likeness (QED) is 0.808. The summed E-state index contributed by atoms with van der Waals surface area (Å²) in [6.45, 7) is 8.79. The van der Waals surface area contributed by atoms with Gasteiger partial charge in [-0.15, -0.1) is 0 Å². The number of hydrogen-bond acceptors (Lipinski definition) is 3. The van der Waals surface area contributed by atoms with E-state index in [1.165, 1.54) is 6.42 Å². The summed E-state index contributed by atoms with van der Waals surface area (Å²) in [4.78, 5) is 12.4. The third-order valence-corrected chi connectivity index (χ3v) is 7.25. The molecule has 0 unspecified atom stereocenters. The Morgan fingerprint density at radius 3 is 2.63 bits per heavy atom. The second-order valence-electron chi connectivity index (χ2n) is 7.09. The van der Waals surface area contributed by atoms with Crippen LogP contribution in [0.1, 0.15) is 59.8 Å². The Hall–Kier alpha value is -0.0200. The van der Waals surface area contributed by atoms with Crippen LogP contribution in [0, 0.1) is 16.7 Å². The number of ketones is 1. The molecule has 0 aromatic heterocycles. The summed E-state index contributed by atoms with van der Waals surface area (Å²) in [6.07, 6.45) is 4.59. The molecule has 0 heterocycles. The Morgan fingerprint density at radius 2 is 2.16 bits per heavy atom. The van der Waals surface area contributed by atoms with Gasteiger partial charge in [-0.3, -0.25) is 4.79 Å². The molecule has 2 saturated carbocycles. The number of aliphatic hydroxyl groups excluding tert-OH is 1. The van der Waals surface area contributed by atoms with Crippen LogP contribution in [0.3, 0.4) is 0 Å². The van der Waals surface area contributed by atoms with Gasteiger partial charge in [0.1, 0.15) is 5.78 Å². The molecule has 3 heteroatoms. The van der Waals surface area contributed by atoms with Gasteiger partial charge in [0.15, 0.2) is 0 Å². The average Bonchev–Trinajstić information content (AvgIpc) is 2.70. The Labute approximate surface area is 121 Å². The van der Waals surface area contributed by atoms with E-state index in [9.17, 15) is 9.90 Å². The summed E-state index contributed by atoms with van der Waals surface area (Å²) >= 11 is 1.89. The Bertz CT molecular complexity index is 353. The first-order valence-electron chi connectivity index (χ1n) is 7.66. The lowest BCUT2D eigenvalue weighted by molar-refractivity contribution is -0.127. The topological polar surface area (TPSA) is 37.3 Å². The normalized spacial score (nSPS) is 35.6. The minimum atomic E-state index is -0.191. The third-order valence-electron chi connectivity index (χ3n) is 5.83. The summed E-state index contributed by atoms with van der Waals surface area (Å²) in [6, 6.07) is 0. The summed E-state index contributed by atoms with van der Waals surface area (Å²) in [7, 11) is 0. The number of carbonyl (C=O) groups is 1. The van der Waals surface area contributed by atoms with Gasteiger partial charge >= 0.3 is 0 Å². The molecule has 0 radical (unpaired) electrons. The van der Waals surface area contributed by atoms with Crippen molar-refractivity contribution < 1.29 is 9.90 Å². The number of thioether (sulfide) groups is 1. The molecule has 2 fully saturated rings. The Morgan fingerprint density at radius 1 is 1.47 bits per heavy atom. The van der Waals surface area contributed by atoms with E-state index in [-0.39, 0.29) is 16.9 Å². The lowest BCUT2D eigenvalue weighted by atomic mass is 9.70. The minimum Gasteiger partial charge on any atom is -0.393 e. The van der Waals surface area contributed by atoms with E-state index in [0.717, 1.165) is 31.4 Å². The van der Waals surface area contributed by atoms with Gasteiger partial charge in [-0.25, -0.2) is 0 Å². The summed E-state index contributed by atoms with van der Waals surface area (Å²) in [5, 5.41) is 10.2. The fourth-order valence-electron chi connectivity index (χ4n) is 4.01. The van der Waals surface area contributed by atoms with Crippen molar-refractivity contribution >= 4 is 17.5 Å². The van der Waals surface area contributed by atoms with E-state index in [1.807, 2.05) is 18.7 Å². The number of fused-ring (bicyclic) bond motifs is 2. The highest BCUT2D eigenvalue weighted by Crippen LogP contribution is 2.64. The van der Waals surface area contributed by atoms with Crippen LogP contribution in [-0.2, 0) is 4.79 Å². The van der Waals surface area contributed by atoms with Gasteiger partial charge in [0.2, 0.25) is 0 Å². The molecule has 2 bridgehead atoms. The number of hydrogen-bond donors (Lipinski definition) is 1. The maximum absolute atomic E-state index is 12.4. The molecule has 0 spiro atoms. The van der Waals surface area contributed by atoms with E-state index in [0.29, 0.717) is 17.0 Å². The van der Waals surface area contributed by atoms with Crippen LogP contribution in [0.5, 0.6) is 0 Å². The highest BCUT2D eigenvalue weighted by atomic mass is 32.2. The van der Waals surface area contributed by atoms with E-state index in [2.05, 4.69) is 20.8 Å². The average molecular weight is 284 g/mol. The molecule has 0 aliphatic heterocycles. The van der Waals surface area contributed by atoms with Gasteiger partial charge in [0, 0.05) is 22.8 Å². The monoisotopic (exact) mass is 284 g/mol. The molecular formula is C16H28O2S. The fraction of sp³-hybridized carbons (Fsp3) is 0.938. The molecule has 2 aliphatic rings. The van der Waals surface area contributed by atoms with Gasteiger partial charge in [-0.05, 0) is 37.0 Å². The van der Waals surface area contributed by atoms with Crippen LogP contribution in [-0.4, -0.2) is 28.0 Å².